The van der Waals surface area contributed by atoms with E-state index < -0.39 is 0 Å². The molecule has 0 radical (unpaired) electrons. The molecule has 0 bridgehead atoms. The maximum Gasteiger partial charge on any atom is 0.0978 e. The zero-order chi connectivity index (χ0) is 8.43. The van der Waals surface area contributed by atoms with Crippen LogP contribution in [0.4, 0.5) is 0 Å². The summed E-state index contributed by atoms with van der Waals surface area (Å²) >= 11 is 0. The van der Waals surface area contributed by atoms with Crippen molar-refractivity contribution in [2.24, 2.45) is 17.8 Å². The Morgan fingerprint density at radius 3 is 1.91 bits per heavy atom. The molecule has 0 aromatic carbocycles. The van der Waals surface area contributed by atoms with Crippen LogP contribution in [0.2, 0.25) is 0 Å². The Balaban J connectivity index is 2.52. The van der Waals surface area contributed by atoms with Gasteiger partial charge in [-0.1, -0.05) is 20.8 Å². The summed E-state index contributed by atoms with van der Waals surface area (Å²) in [5, 5.41) is 8.62. The minimum absolute atomic E-state index is 0.0613. The minimum atomic E-state index is 0.0613. The van der Waals surface area contributed by atoms with E-state index in [0.29, 0.717) is 11.8 Å². The highest BCUT2D eigenvalue weighted by molar-refractivity contribution is 4.80. The molecule has 0 heterocycles. The topological polar surface area (TPSA) is 29.5 Å². The van der Waals surface area contributed by atoms with Crippen molar-refractivity contribution in [3.63, 3.8) is 0 Å². The van der Waals surface area contributed by atoms with Crippen LogP contribution in [0.5, 0.6) is 0 Å². The molecule has 1 N–H and O–H groups in total. The third-order valence-electron chi connectivity index (χ3n) is 2.79. The van der Waals surface area contributed by atoms with Gasteiger partial charge >= 0.3 is 0 Å². The molecular formula is C9H18O2. The van der Waals surface area contributed by atoms with Crippen molar-refractivity contribution < 1.29 is 10.1 Å². The van der Waals surface area contributed by atoms with E-state index in [1.54, 1.807) is 0 Å². The zero-order valence-electron chi connectivity index (χ0n) is 7.58. The summed E-state index contributed by atoms with van der Waals surface area (Å²) in [6, 6.07) is 0. The summed E-state index contributed by atoms with van der Waals surface area (Å²) in [6.45, 7) is 6.56. The van der Waals surface area contributed by atoms with Crippen LogP contribution in [0.25, 0.3) is 0 Å². The van der Waals surface area contributed by atoms with E-state index in [-0.39, 0.29) is 6.10 Å². The van der Waals surface area contributed by atoms with Gasteiger partial charge < -0.3 is 0 Å². The second kappa shape index (κ2) is 3.55. The summed E-state index contributed by atoms with van der Waals surface area (Å²) in [4.78, 5) is 4.46. The molecule has 0 aromatic heterocycles. The van der Waals surface area contributed by atoms with E-state index >= 15 is 0 Å². The van der Waals surface area contributed by atoms with Crippen LogP contribution in [-0.4, -0.2) is 11.4 Å². The van der Waals surface area contributed by atoms with Crippen molar-refractivity contribution >= 4 is 0 Å². The summed E-state index contributed by atoms with van der Waals surface area (Å²) in [6.07, 6.45) is 2.41. The third kappa shape index (κ3) is 1.94. The summed E-state index contributed by atoms with van der Waals surface area (Å²) in [5.41, 5.74) is 0. The average Bonchev–Trinajstić information content (AvgIpc) is 1.85. The zero-order valence-corrected chi connectivity index (χ0v) is 7.58. The standard InChI is InChI=1S/C9H18O2/c1-6-4-7(2)9(11-10)8(3)5-6/h6-10H,4-5H2,1-3H3. The lowest BCUT2D eigenvalue weighted by molar-refractivity contribution is -0.306. The molecule has 0 spiro atoms. The third-order valence-corrected chi connectivity index (χ3v) is 2.79. The predicted octanol–water partition coefficient (Wildman–Crippen LogP) is 2.55. The molecule has 2 unspecified atom stereocenters. The highest BCUT2D eigenvalue weighted by Crippen LogP contribution is 2.34. The quantitative estimate of drug-likeness (QED) is 0.469. The van der Waals surface area contributed by atoms with Crippen LogP contribution < -0.4 is 0 Å². The van der Waals surface area contributed by atoms with Crippen molar-refractivity contribution in [3.8, 4) is 0 Å². The Kier molecular flexibility index (Phi) is 2.90. The first-order chi connectivity index (χ1) is 5.15. The van der Waals surface area contributed by atoms with Crippen LogP contribution in [0.15, 0.2) is 0 Å². The van der Waals surface area contributed by atoms with Gasteiger partial charge in [-0.25, -0.2) is 4.89 Å². The van der Waals surface area contributed by atoms with E-state index in [1.807, 2.05) is 0 Å². The van der Waals surface area contributed by atoms with Gasteiger partial charge in [-0.3, -0.25) is 5.26 Å². The average molecular weight is 158 g/mol. The van der Waals surface area contributed by atoms with Gasteiger partial charge in [0.25, 0.3) is 0 Å². The maximum atomic E-state index is 8.62. The summed E-state index contributed by atoms with van der Waals surface area (Å²) in [7, 11) is 0. The van der Waals surface area contributed by atoms with Crippen LogP contribution in [0, 0.1) is 17.8 Å². The van der Waals surface area contributed by atoms with Gasteiger partial charge in [-0.05, 0) is 30.6 Å². The fraction of sp³-hybridized carbons (Fsp3) is 1.00. The van der Waals surface area contributed by atoms with E-state index in [0.717, 1.165) is 5.92 Å². The molecule has 0 amide bonds. The van der Waals surface area contributed by atoms with Crippen molar-refractivity contribution in [2.45, 2.75) is 39.7 Å². The Bertz CT molecular complexity index is 113. The summed E-state index contributed by atoms with van der Waals surface area (Å²) in [5.74, 6) is 1.78. The van der Waals surface area contributed by atoms with Crippen molar-refractivity contribution in [1.29, 1.82) is 0 Å². The molecule has 11 heavy (non-hydrogen) atoms. The number of hydrogen-bond acceptors (Lipinski definition) is 2. The van der Waals surface area contributed by atoms with Crippen molar-refractivity contribution in [3.05, 3.63) is 0 Å². The first kappa shape index (κ1) is 9.01. The molecule has 0 aliphatic heterocycles. The van der Waals surface area contributed by atoms with Crippen LogP contribution >= 0.6 is 0 Å². The monoisotopic (exact) mass is 158 g/mol. The highest BCUT2D eigenvalue weighted by Gasteiger charge is 2.32. The molecule has 0 saturated heterocycles. The van der Waals surface area contributed by atoms with Gasteiger partial charge in [0, 0.05) is 0 Å². The SMILES string of the molecule is CC1CC(C)C(OO)C(C)C1. The lowest BCUT2D eigenvalue weighted by atomic mass is 9.75. The smallest absolute Gasteiger partial charge is 0.0978 e. The molecule has 2 atom stereocenters. The Morgan fingerprint density at radius 2 is 1.55 bits per heavy atom. The van der Waals surface area contributed by atoms with Gasteiger partial charge in [-0.15, -0.1) is 0 Å². The van der Waals surface area contributed by atoms with Crippen LogP contribution in [-0.2, 0) is 4.89 Å². The lowest BCUT2D eigenvalue weighted by Crippen LogP contribution is -2.35. The molecule has 1 saturated carbocycles. The minimum Gasteiger partial charge on any atom is -0.252 e. The van der Waals surface area contributed by atoms with Crippen molar-refractivity contribution in [2.75, 3.05) is 0 Å². The second-order valence-corrected chi connectivity index (χ2v) is 4.10. The van der Waals surface area contributed by atoms with Crippen LogP contribution in [0.3, 0.4) is 0 Å². The molecule has 1 aliphatic rings. The van der Waals surface area contributed by atoms with E-state index in [4.69, 9.17) is 5.26 Å². The van der Waals surface area contributed by atoms with Crippen molar-refractivity contribution in [1.82, 2.24) is 0 Å². The van der Waals surface area contributed by atoms with Gasteiger partial charge in [0.05, 0.1) is 6.10 Å². The van der Waals surface area contributed by atoms with E-state index in [1.165, 1.54) is 12.8 Å². The van der Waals surface area contributed by atoms with Crippen LogP contribution in [0.1, 0.15) is 33.6 Å². The fourth-order valence-electron chi connectivity index (χ4n) is 2.40. The molecule has 1 rings (SSSR count). The van der Waals surface area contributed by atoms with Gasteiger partial charge in [0.1, 0.15) is 0 Å². The molecular weight excluding hydrogens is 140 g/mol. The van der Waals surface area contributed by atoms with E-state index in [2.05, 4.69) is 25.7 Å². The molecule has 66 valence electrons. The van der Waals surface area contributed by atoms with E-state index in [9.17, 15) is 0 Å². The number of hydrogen-bond donors (Lipinski definition) is 1. The first-order valence-electron chi connectivity index (χ1n) is 4.45. The first-order valence-corrected chi connectivity index (χ1v) is 4.45. The Hall–Kier alpha value is -0.0800. The van der Waals surface area contributed by atoms with Gasteiger partial charge in [0.2, 0.25) is 0 Å². The summed E-state index contributed by atoms with van der Waals surface area (Å²) < 4.78 is 0. The molecule has 2 heteroatoms. The Morgan fingerprint density at radius 1 is 1.09 bits per heavy atom. The van der Waals surface area contributed by atoms with Gasteiger partial charge in [-0.2, -0.15) is 0 Å². The highest BCUT2D eigenvalue weighted by atomic mass is 17.1. The molecule has 0 aromatic rings. The molecule has 1 aliphatic carbocycles. The number of rotatable bonds is 1. The molecule has 1 fully saturated rings. The molecule has 2 nitrogen and oxygen atoms in total. The normalized spacial score (nSPS) is 45.8. The largest absolute Gasteiger partial charge is 0.252 e. The second-order valence-electron chi connectivity index (χ2n) is 4.10. The maximum absolute atomic E-state index is 8.62. The predicted molar refractivity (Wildman–Crippen MR) is 44.2 cm³/mol. The fourth-order valence-corrected chi connectivity index (χ4v) is 2.40. The van der Waals surface area contributed by atoms with Gasteiger partial charge in [0.15, 0.2) is 0 Å². The lowest BCUT2D eigenvalue weighted by Gasteiger charge is -2.35. The Labute approximate surface area is 68.5 Å².